The Morgan fingerprint density at radius 3 is 2.40 bits per heavy atom. The highest BCUT2D eigenvalue weighted by atomic mass is 16.2. The van der Waals surface area contributed by atoms with Gasteiger partial charge in [0.15, 0.2) is 5.78 Å². The molecule has 2 unspecified atom stereocenters. The molecule has 0 radical (unpaired) electrons. The molecular weight excluding hydrogens is 310 g/mol. The van der Waals surface area contributed by atoms with Gasteiger partial charge in [0.1, 0.15) is 11.7 Å². The van der Waals surface area contributed by atoms with Gasteiger partial charge in [-0.25, -0.2) is 0 Å². The Kier molecular flexibility index (Phi) is 4.55. The second kappa shape index (κ2) is 6.64. The molecule has 2 atom stereocenters. The Balaban J connectivity index is 2.01. The maximum absolute atomic E-state index is 12.7. The molecule has 1 saturated carbocycles. The van der Waals surface area contributed by atoms with E-state index in [2.05, 4.69) is 10.9 Å². The highest BCUT2D eigenvalue weighted by Gasteiger charge is 2.42. The van der Waals surface area contributed by atoms with Crippen molar-refractivity contribution in [1.29, 1.82) is 0 Å². The van der Waals surface area contributed by atoms with Gasteiger partial charge in [0.05, 0.1) is 5.69 Å². The Morgan fingerprint density at radius 2 is 1.84 bits per heavy atom. The third-order valence-corrected chi connectivity index (χ3v) is 4.91. The van der Waals surface area contributed by atoms with E-state index in [1.807, 2.05) is 51.2 Å². The lowest BCUT2D eigenvalue weighted by molar-refractivity contribution is -0.124. The number of aromatic nitrogens is 1. The van der Waals surface area contributed by atoms with Crippen LogP contribution >= 0.6 is 0 Å². The fourth-order valence-electron chi connectivity index (χ4n) is 3.69. The van der Waals surface area contributed by atoms with Crippen molar-refractivity contribution in [2.75, 3.05) is 0 Å². The molecule has 0 amide bonds. The van der Waals surface area contributed by atoms with Crippen molar-refractivity contribution in [2.24, 2.45) is 5.92 Å². The second-order valence-electron chi connectivity index (χ2n) is 6.86. The van der Waals surface area contributed by atoms with Crippen molar-refractivity contribution in [2.45, 2.75) is 39.5 Å². The summed E-state index contributed by atoms with van der Waals surface area (Å²) in [7, 11) is 0. The van der Waals surface area contributed by atoms with Crippen LogP contribution in [-0.4, -0.2) is 16.6 Å². The number of benzene rings is 1. The summed E-state index contributed by atoms with van der Waals surface area (Å²) in [4.78, 5) is 29.6. The number of pyridine rings is 1. The van der Waals surface area contributed by atoms with Crippen molar-refractivity contribution in [3.63, 3.8) is 0 Å². The first-order valence-corrected chi connectivity index (χ1v) is 8.46. The van der Waals surface area contributed by atoms with Gasteiger partial charge in [-0.05, 0) is 61.2 Å². The van der Waals surface area contributed by atoms with E-state index in [4.69, 9.17) is 6.42 Å². The first-order valence-electron chi connectivity index (χ1n) is 8.46. The summed E-state index contributed by atoms with van der Waals surface area (Å²) in [5.41, 5.74) is 5.73. The SMILES string of the molecule is C#CCC1CC(=O)C(c2c(C)cc(-c3ccc(C)cn3)cc2C)C1=O. The van der Waals surface area contributed by atoms with Gasteiger partial charge in [0.25, 0.3) is 0 Å². The standard InChI is InChI=1S/C22H21NO2/c1-5-6-16-11-19(24)21(22(16)25)20-14(3)9-17(10-15(20)4)18-8-7-13(2)12-23-18/h1,7-10,12,16,21H,6,11H2,2-4H3. The van der Waals surface area contributed by atoms with Crippen LogP contribution in [0.1, 0.15) is 41.0 Å². The molecule has 0 N–H and O–H groups in total. The zero-order chi connectivity index (χ0) is 18.1. The summed E-state index contributed by atoms with van der Waals surface area (Å²) < 4.78 is 0. The number of nitrogens with zero attached hydrogens (tertiary/aromatic N) is 1. The number of rotatable bonds is 3. The van der Waals surface area contributed by atoms with Crippen LogP contribution in [0.2, 0.25) is 0 Å². The van der Waals surface area contributed by atoms with E-state index in [9.17, 15) is 9.59 Å². The Morgan fingerprint density at radius 1 is 1.16 bits per heavy atom. The summed E-state index contributed by atoms with van der Waals surface area (Å²) in [5.74, 6) is 1.47. The number of aryl methyl sites for hydroxylation is 3. The molecule has 1 heterocycles. The Labute approximate surface area is 148 Å². The monoisotopic (exact) mass is 331 g/mol. The third kappa shape index (κ3) is 3.13. The number of hydrogen-bond donors (Lipinski definition) is 0. The maximum atomic E-state index is 12.7. The normalized spacial score (nSPS) is 19.9. The molecule has 3 nitrogen and oxygen atoms in total. The third-order valence-electron chi connectivity index (χ3n) is 4.91. The summed E-state index contributed by atoms with van der Waals surface area (Å²) >= 11 is 0. The van der Waals surface area contributed by atoms with E-state index in [0.29, 0.717) is 6.42 Å². The van der Waals surface area contributed by atoms with Crippen LogP contribution in [0.15, 0.2) is 30.5 Å². The fourth-order valence-corrected chi connectivity index (χ4v) is 3.69. The van der Waals surface area contributed by atoms with Gasteiger partial charge in [-0.1, -0.05) is 6.07 Å². The van der Waals surface area contributed by atoms with Gasteiger partial charge in [0, 0.05) is 30.5 Å². The van der Waals surface area contributed by atoms with E-state index < -0.39 is 5.92 Å². The molecule has 1 aromatic carbocycles. The van der Waals surface area contributed by atoms with Crippen molar-refractivity contribution in [3.05, 3.63) is 52.7 Å². The molecule has 1 aliphatic carbocycles. The van der Waals surface area contributed by atoms with Crippen molar-refractivity contribution < 1.29 is 9.59 Å². The average molecular weight is 331 g/mol. The molecule has 1 fully saturated rings. The first kappa shape index (κ1) is 17.1. The molecule has 0 aliphatic heterocycles. The van der Waals surface area contributed by atoms with Gasteiger partial charge in [-0.3, -0.25) is 14.6 Å². The quantitative estimate of drug-likeness (QED) is 0.632. The summed E-state index contributed by atoms with van der Waals surface area (Å²) in [5, 5.41) is 0. The zero-order valence-electron chi connectivity index (χ0n) is 14.8. The van der Waals surface area contributed by atoms with E-state index in [1.54, 1.807) is 0 Å². The van der Waals surface area contributed by atoms with Crippen LogP contribution in [0.5, 0.6) is 0 Å². The van der Waals surface area contributed by atoms with Gasteiger partial charge in [-0.2, -0.15) is 0 Å². The number of ketones is 2. The molecule has 0 bridgehead atoms. The molecule has 1 aromatic heterocycles. The number of hydrogen-bond acceptors (Lipinski definition) is 3. The molecule has 126 valence electrons. The van der Waals surface area contributed by atoms with Crippen LogP contribution < -0.4 is 0 Å². The molecule has 3 heteroatoms. The highest BCUT2D eigenvalue weighted by molar-refractivity contribution is 6.15. The lowest BCUT2D eigenvalue weighted by Crippen LogP contribution is -2.17. The van der Waals surface area contributed by atoms with Crippen molar-refractivity contribution >= 4 is 11.6 Å². The minimum atomic E-state index is -0.668. The molecule has 1 aliphatic rings. The molecule has 3 rings (SSSR count). The lowest BCUT2D eigenvalue weighted by atomic mass is 9.85. The average Bonchev–Trinajstić information content (AvgIpc) is 2.83. The molecule has 0 saturated heterocycles. The van der Waals surface area contributed by atoms with Crippen LogP contribution in [-0.2, 0) is 9.59 Å². The van der Waals surface area contributed by atoms with Crippen LogP contribution in [0.3, 0.4) is 0 Å². The molecule has 25 heavy (non-hydrogen) atoms. The molecule has 0 spiro atoms. The second-order valence-corrected chi connectivity index (χ2v) is 6.86. The predicted molar refractivity (Wildman–Crippen MR) is 98.2 cm³/mol. The summed E-state index contributed by atoms with van der Waals surface area (Å²) in [6.07, 6.45) is 7.77. The van der Waals surface area contributed by atoms with Crippen molar-refractivity contribution in [3.8, 4) is 23.6 Å². The summed E-state index contributed by atoms with van der Waals surface area (Å²) in [6.45, 7) is 5.91. The number of carbonyl (C=O) groups excluding carboxylic acids is 2. The Bertz CT molecular complexity index is 864. The van der Waals surface area contributed by atoms with E-state index in [-0.39, 0.29) is 23.9 Å². The van der Waals surface area contributed by atoms with Crippen molar-refractivity contribution in [1.82, 2.24) is 4.98 Å². The van der Waals surface area contributed by atoms with Gasteiger partial charge < -0.3 is 0 Å². The number of terminal acetylenes is 1. The smallest absolute Gasteiger partial charge is 0.152 e. The van der Waals surface area contributed by atoms with Crippen LogP contribution in [0, 0.1) is 39.0 Å². The van der Waals surface area contributed by atoms with E-state index >= 15 is 0 Å². The maximum Gasteiger partial charge on any atom is 0.152 e. The van der Waals surface area contributed by atoms with E-state index in [1.165, 1.54) is 0 Å². The fraction of sp³-hybridized carbons (Fsp3) is 0.318. The minimum absolute atomic E-state index is 0.0161. The number of carbonyl (C=O) groups is 2. The predicted octanol–water partition coefficient (Wildman–Crippen LogP) is 3.94. The van der Waals surface area contributed by atoms with Gasteiger partial charge in [-0.15, -0.1) is 12.3 Å². The largest absolute Gasteiger partial charge is 0.298 e. The lowest BCUT2D eigenvalue weighted by Gasteiger charge is -2.17. The number of Topliss-reactive ketones (excluding diaryl/α,β-unsaturated/α-hetero) is 2. The van der Waals surface area contributed by atoms with Gasteiger partial charge >= 0.3 is 0 Å². The van der Waals surface area contributed by atoms with Gasteiger partial charge in [0.2, 0.25) is 0 Å². The van der Waals surface area contributed by atoms with E-state index in [0.717, 1.165) is 33.5 Å². The summed E-state index contributed by atoms with van der Waals surface area (Å²) in [6, 6.07) is 8.03. The van der Waals surface area contributed by atoms with Crippen LogP contribution in [0.25, 0.3) is 11.3 Å². The zero-order valence-corrected chi connectivity index (χ0v) is 14.8. The highest BCUT2D eigenvalue weighted by Crippen LogP contribution is 2.38. The minimum Gasteiger partial charge on any atom is -0.298 e. The van der Waals surface area contributed by atoms with Crippen LogP contribution in [0.4, 0.5) is 0 Å². The molecular formula is C22H21NO2. The molecule has 2 aromatic rings. The topological polar surface area (TPSA) is 47.0 Å². The first-order chi connectivity index (χ1) is 11.9. The Hall–Kier alpha value is -2.73.